The Hall–Kier alpha value is 4.48. The number of rotatable bonds is 0. The molecule has 0 aliphatic rings. The van der Waals surface area contributed by atoms with Crippen molar-refractivity contribution >= 4 is 59.8 Å². The Labute approximate surface area is 388 Å². The quantitative estimate of drug-likeness (QED) is 0.213. The summed E-state index contributed by atoms with van der Waals surface area (Å²) in [5.74, 6) is 0. The molecule has 0 rings (SSSR count). The second kappa shape index (κ2) is 4200. The van der Waals surface area contributed by atoms with Crippen LogP contribution in [-0.4, -0.2) is 59.8 Å². The van der Waals surface area contributed by atoms with Gasteiger partial charge in [-0.05, 0) is 11.0 Å². The largest absolute Gasteiger partial charge is 2.00 e. The first-order valence-corrected chi connectivity index (χ1v) is 0. The van der Waals surface area contributed by atoms with Crippen LogP contribution in [0.5, 0.6) is 0 Å². The minimum absolute atomic E-state index is 0. The average molecular weight is 900 g/mol. The summed E-state index contributed by atoms with van der Waals surface area (Å²) >= 11 is 0. The van der Waals surface area contributed by atoms with Gasteiger partial charge in [-0.2, -0.15) is 0 Å². The third-order valence-corrected chi connectivity index (χ3v) is 0. The molecule has 0 nitrogen and oxygen atoms in total. The fourth-order valence-electron chi connectivity index (χ4n) is 0. The monoisotopic (exact) mass is 898 g/mol. The van der Waals surface area contributed by atoms with Gasteiger partial charge < -0.3 is 2.85 Å². The fraction of sp³-hybridized carbons (Fsp3) is 1.00. The summed E-state index contributed by atoms with van der Waals surface area (Å²) in [5, 5.41) is 0. The predicted molar refractivity (Wildman–Crippen MR) is 250 cm³/mol. The van der Waals surface area contributed by atoms with E-state index in [1.807, 2.05) is 0 Å². The van der Waals surface area contributed by atoms with Gasteiger partial charge in [0.05, 0.1) is 0 Å². The van der Waals surface area contributed by atoms with Crippen LogP contribution in [0.15, 0.2) is 0 Å². The van der Waals surface area contributed by atoms with Gasteiger partial charge in [0.2, 0.25) is 0 Å². The van der Waals surface area contributed by atoms with Gasteiger partial charge in [-0.25, -0.2) is 0 Å². The van der Waals surface area contributed by atoms with E-state index in [2.05, 4.69) is 0 Å². The smallest absolute Gasteiger partial charge is 1.00 e. The van der Waals surface area contributed by atoms with Crippen molar-refractivity contribution in [3.05, 3.63) is 0 Å². The Morgan fingerprint density at radius 3 is 0.268 bits per heavy atom. The molecule has 0 aliphatic carbocycles. The van der Waals surface area contributed by atoms with Gasteiger partial charge in [0.15, 0.2) is 17.4 Å². The molecule has 5 radical (unpaired) electrons. The Morgan fingerprint density at radius 1 is 0.268 bits per heavy atom. The van der Waals surface area contributed by atoms with Gasteiger partial charge in [0.1, 0.15) is 0 Å². The van der Waals surface area contributed by atoms with Crippen LogP contribution in [0, 0.1) is 0 Å². The Balaban J connectivity index is 0. The van der Waals surface area contributed by atoms with Gasteiger partial charge in [-0.3, -0.25) is 0 Å². The van der Waals surface area contributed by atoms with Crippen LogP contribution >= 0.6 is 0 Å². The van der Waals surface area contributed by atoms with E-state index in [-0.39, 0.29) is 393 Å². The first-order valence-electron chi connectivity index (χ1n) is 0. The van der Waals surface area contributed by atoms with Crippen LogP contribution in [0.25, 0.3) is 0 Å². The normalized spacial score (nSPS) is 0. The predicted octanol–water partition coefficient (Wildman–Crippen LogP) is 17.2. The van der Waals surface area contributed by atoms with Crippen LogP contribution < -0.4 is 0 Å². The Kier molecular flexibility index (Phi) is 459000. The molecular weight excluding hydrogens is 762 g/mol. The SMILES string of the molecule is C.C.C.C.C.C.C.C.C.C.C.C.C.C.C.C.C.C.C.C.C.C.C.C.C.C.C.C.C.C.C.C.[AlH3].[B].[Cu].[Fe].[H-].[H-].[Mg+2].[Mn].[SiH4].[Ti].[Zn]. The van der Waals surface area contributed by atoms with Crippen molar-refractivity contribution in [1.29, 1.82) is 0 Å². The van der Waals surface area contributed by atoms with Crippen molar-refractivity contribution in [2.45, 2.75) is 238 Å². The van der Waals surface area contributed by atoms with Gasteiger partial charge in [-0.1, -0.05) is 238 Å². The average Bonchev–Trinajstić information content (AvgIpc) is 0. The first-order chi connectivity index (χ1) is 0. The molecule has 9 heteroatoms. The van der Waals surface area contributed by atoms with Crippen molar-refractivity contribution in [1.82, 2.24) is 0 Å². The maximum absolute atomic E-state index is 0. The molecule has 0 fully saturated rings. The molecule has 0 aromatic rings. The molecular formula is C32H137AlBCuFeMgMnSiTiZn. The summed E-state index contributed by atoms with van der Waals surface area (Å²) in [6.45, 7) is 0. The van der Waals surface area contributed by atoms with E-state index in [0.717, 1.165) is 0 Å². The molecule has 0 aromatic carbocycles. The standard InChI is InChI=1S/32CH4.Al.B.Cu.Fe.Mg.Mn.H4Si.Ti.Zn.5H/h32*1H4;;;;;;;1H4;;;;;;;/q;;;;;;;;;;;;;;;;;;;;;;;;;;;;;;;;;;;;+2;;;;;;;;2*-1. The topological polar surface area (TPSA) is 0 Å². The molecule has 0 heterocycles. The van der Waals surface area contributed by atoms with Crippen LogP contribution in [-0.2, 0) is 92.4 Å². The van der Waals surface area contributed by atoms with E-state index in [9.17, 15) is 0 Å². The summed E-state index contributed by atoms with van der Waals surface area (Å²) in [4.78, 5) is 0. The second-order valence-electron chi connectivity index (χ2n) is 0. The zero-order valence-corrected chi connectivity index (χ0v) is 12.7. The number of hydrogen-bond donors (Lipinski definition) is 0. The molecule has 0 spiro atoms. The summed E-state index contributed by atoms with van der Waals surface area (Å²) in [7, 11) is 0. The molecule has 0 amide bonds. The first kappa shape index (κ1) is 4490. The molecule has 0 aromatic heterocycles. The van der Waals surface area contributed by atoms with E-state index in [1.165, 1.54) is 0 Å². The molecule has 0 aliphatic heterocycles. The van der Waals surface area contributed by atoms with Crippen LogP contribution in [0.4, 0.5) is 0 Å². The minimum Gasteiger partial charge on any atom is -1.00 e. The van der Waals surface area contributed by atoms with E-state index in [4.69, 9.17) is 0 Å². The summed E-state index contributed by atoms with van der Waals surface area (Å²) < 4.78 is 0. The summed E-state index contributed by atoms with van der Waals surface area (Å²) in [5.41, 5.74) is 0. The molecule has 41 heavy (non-hydrogen) atoms. The van der Waals surface area contributed by atoms with Gasteiger partial charge in [0.25, 0.3) is 0 Å². The molecule has 0 saturated carbocycles. The van der Waals surface area contributed by atoms with E-state index >= 15 is 0 Å². The third kappa shape index (κ3) is 4000. The van der Waals surface area contributed by atoms with Crippen LogP contribution in [0.2, 0.25) is 0 Å². The van der Waals surface area contributed by atoms with Gasteiger partial charge >= 0.3 is 23.1 Å². The molecule has 0 bridgehead atoms. The molecule has 0 atom stereocenters. The van der Waals surface area contributed by atoms with Crippen molar-refractivity contribution < 1.29 is 95.3 Å². The second-order valence-corrected chi connectivity index (χ2v) is 0. The van der Waals surface area contributed by atoms with Crippen molar-refractivity contribution in [2.75, 3.05) is 0 Å². The number of hydrogen-bond acceptors (Lipinski definition) is 0. The maximum atomic E-state index is 0. The van der Waals surface area contributed by atoms with Gasteiger partial charge in [-0.15, -0.1) is 0 Å². The molecule has 309 valence electrons. The van der Waals surface area contributed by atoms with E-state index in [1.54, 1.807) is 0 Å². The zero-order chi connectivity index (χ0) is 0. The van der Waals surface area contributed by atoms with Crippen molar-refractivity contribution in [3.8, 4) is 0 Å². The maximum Gasteiger partial charge on any atom is 2.00 e. The molecule has 0 saturated heterocycles. The third-order valence-electron chi connectivity index (χ3n) is 0. The van der Waals surface area contributed by atoms with Gasteiger partial charge in [0, 0.05) is 101 Å². The van der Waals surface area contributed by atoms with E-state index < -0.39 is 0 Å². The fourth-order valence-corrected chi connectivity index (χ4v) is 0. The van der Waals surface area contributed by atoms with E-state index in [0.29, 0.717) is 0 Å². The summed E-state index contributed by atoms with van der Waals surface area (Å²) in [6.07, 6.45) is 0. The Morgan fingerprint density at radius 2 is 0.268 bits per heavy atom. The molecule has 0 unspecified atom stereocenters. The Bertz CT molecular complexity index is 71.3. The van der Waals surface area contributed by atoms with Crippen molar-refractivity contribution in [2.24, 2.45) is 0 Å². The zero-order valence-electron chi connectivity index (χ0n) is 5.52. The van der Waals surface area contributed by atoms with Crippen LogP contribution in [0.3, 0.4) is 0 Å². The van der Waals surface area contributed by atoms with Crippen LogP contribution in [0.1, 0.15) is 241 Å². The summed E-state index contributed by atoms with van der Waals surface area (Å²) in [6, 6.07) is 0. The minimum atomic E-state index is 0. The van der Waals surface area contributed by atoms with Crippen molar-refractivity contribution in [3.63, 3.8) is 0 Å². The molecule has 0 N–H and O–H groups in total.